The number of ether oxygens (including phenoxy) is 1. The maximum Gasteiger partial charge on any atom is 0.254 e. The second-order valence-electron chi connectivity index (χ2n) is 5.24. The molecule has 0 aliphatic carbocycles. The Hall–Kier alpha value is -1.55. The van der Waals surface area contributed by atoms with E-state index in [4.69, 9.17) is 4.74 Å². The summed E-state index contributed by atoms with van der Waals surface area (Å²) in [5.74, 6) is 0.958. The Morgan fingerprint density at radius 1 is 1.37 bits per heavy atom. The Bertz CT molecular complexity index is 485. The van der Waals surface area contributed by atoms with E-state index >= 15 is 0 Å². The van der Waals surface area contributed by atoms with Crippen LogP contribution in [0.1, 0.15) is 28.4 Å². The number of aryl methyl sites for hydroxylation is 2. The second-order valence-corrected chi connectivity index (χ2v) is 5.24. The summed E-state index contributed by atoms with van der Waals surface area (Å²) < 4.78 is 5.29. The Morgan fingerprint density at radius 3 is 2.74 bits per heavy atom. The van der Waals surface area contributed by atoms with Crippen LogP contribution in [-0.2, 0) is 0 Å². The highest BCUT2D eigenvalue weighted by molar-refractivity contribution is 5.96. The van der Waals surface area contributed by atoms with Gasteiger partial charge in [-0.05, 0) is 44.0 Å². The second kappa shape index (κ2) is 5.61. The number of methoxy groups -OCH3 is 1. The van der Waals surface area contributed by atoms with Gasteiger partial charge < -0.3 is 15.0 Å². The minimum atomic E-state index is 0.122. The lowest BCUT2D eigenvalue weighted by atomic mass is 10.0. The van der Waals surface area contributed by atoms with Gasteiger partial charge in [-0.1, -0.05) is 0 Å². The number of nitrogens with one attached hydrogen (secondary N) is 1. The lowest BCUT2D eigenvalue weighted by molar-refractivity contribution is 0.0708. The average Bonchev–Trinajstić information content (AvgIpc) is 2.40. The van der Waals surface area contributed by atoms with E-state index in [2.05, 4.69) is 12.2 Å². The molecule has 104 valence electrons. The Kier molecular flexibility index (Phi) is 4.10. The molecule has 0 saturated carbocycles. The van der Waals surface area contributed by atoms with Crippen molar-refractivity contribution in [2.24, 2.45) is 0 Å². The number of hydrogen-bond donors (Lipinski definition) is 1. The SMILES string of the molecule is COc1cc(C)c(C(=O)N2CCNC(C)C2)cc1C. The van der Waals surface area contributed by atoms with Crippen LogP contribution >= 0.6 is 0 Å². The predicted molar refractivity (Wildman–Crippen MR) is 75.8 cm³/mol. The maximum atomic E-state index is 12.6. The number of carbonyl (C=O) groups excluding carboxylic acids is 1. The fraction of sp³-hybridized carbons (Fsp3) is 0.533. The number of carbonyl (C=O) groups is 1. The van der Waals surface area contributed by atoms with Crippen molar-refractivity contribution < 1.29 is 9.53 Å². The van der Waals surface area contributed by atoms with Crippen LogP contribution in [0.4, 0.5) is 0 Å². The molecule has 4 nitrogen and oxygen atoms in total. The fourth-order valence-corrected chi connectivity index (χ4v) is 2.53. The summed E-state index contributed by atoms with van der Waals surface area (Å²) in [5.41, 5.74) is 2.76. The largest absolute Gasteiger partial charge is 0.496 e. The highest BCUT2D eigenvalue weighted by atomic mass is 16.5. The van der Waals surface area contributed by atoms with E-state index in [0.29, 0.717) is 6.04 Å². The van der Waals surface area contributed by atoms with Crippen molar-refractivity contribution in [1.82, 2.24) is 10.2 Å². The van der Waals surface area contributed by atoms with Crippen molar-refractivity contribution in [3.8, 4) is 5.75 Å². The van der Waals surface area contributed by atoms with Gasteiger partial charge in [0, 0.05) is 31.2 Å². The number of hydrogen-bond acceptors (Lipinski definition) is 3. The first kappa shape index (κ1) is 13.9. The summed E-state index contributed by atoms with van der Waals surface area (Å²) in [6, 6.07) is 4.23. The van der Waals surface area contributed by atoms with Gasteiger partial charge in [-0.2, -0.15) is 0 Å². The molecule has 0 spiro atoms. The van der Waals surface area contributed by atoms with E-state index in [0.717, 1.165) is 42.1 Å². The van der Waals surface area contributed by atoms with Crippen LogP contribution in [-0.4, -0.2) is 43.6 Å². The van der Waals surface area contributed by atoms with Crippen LogP contribution in [0, 0.1) is 13.8 Å². The first-order chi connectivity index (χ1) is 9.02. The molecule has 4 heteroatoms. The van der Waals surface area contributed by atoms with E-state index in [-0.39, 0.29) is 5.91 Å². The van der Waals surface area contributed by atoms with Gasteiger partial charge in [0.15, 0.2) is 0 Å². The van der Waals surface area contributed by atoms with Gasteiger partial charge in [0.1, 0.15) is 5.75 Å². The van der Waals surface area contributed by atoms with Crippen LogP contribution in [0.2, 0.25) is 0 Å². The molecular weight excluding hydrogens is 240 g/mol. The summed E-state index contributed by atoms with van der Waals surface area (Å²) in [6.07, 6.45) is 0. The zero-order valence-electron chi connectivity index (χ0n) is 12.1. The van der Waals surface area contributed by atoms with Gasteiger partial charge in [0.05, 0.1) is 7.11 Å². The number of rotatable bonds is 2. The van der Waals surface area contributed by atoms with E-state index < -0.39 is 0 Å². The van der Waals surface area contributed by atoms with Gasteiger partial charge in [0.25, 0.3) is 5.91 Å². The smallest absolute Gasteiger partial charge is 0.254 e. The van der Waals surface area contributed by atoms with Crippen molar-refractivity contribution >= 4 is 5.91 Å². The van der Waals surface area contributed by atoms with Crippen LogP contribution in [0.25, 0.3) is 0 Å². The van der Waals surface area contributed by atoms with Gasteiger partial charge >= 0.3 is 0 Å². The van der Waals surface area contributed by atoms with Crippen molar-refractivity contribution in [3.05, 3.63) is 28.8 Å². The molecule has 1 N–H and O–H groups in total. The molecule has 0 radical (unpaired) electrons. The summed E-state index contributed by atoms with van der Waals surface area (Å²) in [4.78, 5) is 14.5. The zero-order valence-corrected chi connectivity index (χ0v) is 12.1. The van der Waals surface area contributed by atoms with Gasteiger partial charge in [-0.15, -0.1) is 0 Å². The Balaban J connectivity index is 2.26. The van der Waals surface area contributed by atoms with Crippen molar-refractivity contribution in [3.63, 3.8) is 0 Å². The molecular formula is C15H22N2O2. The molecule has 1 fully saturated rings. The zero-order chi connectivity index (χ0) is 14.0. The molecule has 1 aliphatic heterocycles. The molecule has 1 aromatic rings. The number of benzene rings is 1. The van der Waals surface area contributed by atoms with Crippen LogP contribution in [0.5, 0.6) is 5.75 Å². The summed E-state index contributed by atoms with van der Waals surface area (Å²) in [6.45, 7) is 8.43. The minimum absolute atomic E-state index is 0.122. The first-order valence-electron chi connectivity index (χ1n) is 6.71. The topological polar surface area (TPSA) is 41.6 Å². The first-order valence-corrected chi connectivity index (χ1v) is 6.71. The third-order valence-electron chi connectivity index (χ3n) is 3.63. The van der Waals surface area contributed by atoms with E-state index in [1.807, 2.05) is 30.9 Å². The van der Waals surface area contributed by atoms with Crippen molar-refractivity contribution in [1.29, 1.82) is 0 Å². The number of nitrogens with zero attached hydrogens (tertiary/aromatic N) is 1. The highest BCUT2D eigenvalue weighted by Crippen LogP contribution is 2.23. The molecule has 19 heavy (non-hydrogen) atoms. The van der Waals surface area contributed by atoms with Crippen LogP contribution in [0.15, 0.2) is 12.1 Å². The van der Waals surface area contributed by atoms with E-state index in [1.54, 1.807) is 7.11 Å². The number of piperazine rings is 1. The Morgan fingerprint density at radius 2 is 2.11 bits per heavy atom. The fourth-order valence-electron chi connectivity index (χ4n) is 2.53. The van der Waals surface area contributed by atoms with Crippen molar-refractivity contribution in [2.75, 3.05) is 26.7 Å². The lowest BCUT2D eigenvalue weighted by Gasteiger charge is -2.32. The minimum Gasteiger partial charge on any atom is -0.496 e. The Labute approximate surface area is 114 Å². The molecule has 1 atom stereocenters. The van der Waals surface area contributed by atoms with Crippen LogP contribution < -0.4 is 10.1 Å². The summed E-state index contributed by atoms with van der Waals surface area (Å²) in [7, 11) is 1.65. The van der Waals surface area contributed by atoms with Gasteiger partial charge in [-0.25, -0.2) is 0 Å². The van der Waals surface area contributed by atoms with Crippen LogP contribution in [0.3, 0.4) is 0 Å². The molecule has 0 aromatic heterocycles. The monoisotopic (exact) mass is 262 g/mol. The molecule has 1 aromatic carbocycles. The molecule has 0 bridgehead atoms. The highest BCUT2D eigenvalue weighted by Gasteiger charge is 2.23. The normalized spacial score (nSPS) is 19.4. The van der Waals surface area contributed by atoms with Gasteiger partial charge in [0.2, 0.25) is 0 Å². The van der Waals surface area contributed by atoms with Gasteiger partial charge in [-0.3, -0.25) is 4.79 Å². The molecule has 1 amide bonds. The third kappa shape index (κ3) is 2.89. The quantitative estimate of drug-likeness (QED) is 0.883. The standard InChI is InChI=1S/C15H22N2O2/c1-10-8-14(19-4)11(2)7-13(10)15(18)17-6-5-16-12(3)9-17/h7-8,12,16H,5-6,9H2,1-4H3. The third-order valence-corrected chi connectivity index (χ3v) is 3.63. The van der Waals surface area contributed by atoms with Crippen molar-refractivity contribution in [2.45, 2.75) is 26.8 Å². The summed E-state index contributed by atoms with van der Waals surface area (Å²) >= 11 is 0. The lowest BCUT2D eigenvalue weighted by Crippen LogP contribution is -2.51. The molecule has 1 unspecified atom stereocenters. The van der Waals surface area contributed by atoms with E-state index in [1.165, 1.54) is 0 Å². The average molecular weight is 262 g/mol. The molecule has 1 aliphatic rings. The molecule has 1 saturated heterocycles. The molecule has 1 heterocycles. The summed E-state index contributed by atoms with van der Waals surface area (Å²) in [5, 5.41) is 3.35. The maximum absolute atomic E-state index is 12.6. The predicted octanol–water partition coefficient (Wildman–Crippen LogP) is 1.75. The van der Waals surface area contributed by atoms with E-state index in [9.17, 15) is 4.79 Å². The number of amides is 1. The molecule has 2 rings (SSSR count).